The molecule has 0 aromatic heterocycles. The molecule has 2 aromatic rings. The lowest BCUT2D eigenvalue weighted by molar-refractivity contribution is -0.127. The zero-order valence-corrected chi connectivity index (χ0v) is 19.3. The van der Waals surface area contributed by atoms with Crippen LogP contribution in [0, 0.1) is 11.8 Å². The molecule has 170 valence electrons. The van der Waals surface area contributed by atoms with Crippen molar-refractivity contribution < 1.29 is 13.2 Å². The molecule has 0 radical (unpaired) electrons. The van der Waals surface area contributed by atoms with Crippen LogP contribution >= 0.6 is 0 Å². The molecule has 2 aromatic carbocycles. The minimum Gasteiger partial charge on any atom is -0.349 e. The standard InChI is InChI=1S/C26H32N2O3S/c29-26(27-25(21-10-11-21)20-7-2-1-3-8-20)22-14-16-28(17-15-22)32(30,31)24-13-12-19-6-4-5-9-23(19)18-24/h1-3,7-8,12-13,18,21-22,25H,4-6,9-11,14-17H2,(H,27,29). The molecule has 2 aliphatic carbocycles. The maximum atomic E-state index is 13.2. The van der Waals surface area contributed by atoms with Crippen LogP contribution in [0.4, 0.5) is 0 Å². The Kier molecular flexibility index (Phi) is 6.08. The lowest BCUT2D eigenvalue weighted by atomic mass is 9.92. The summed E-state index contributed by atoms with van der Waals surface area (Å²) in [7, 11) is -3.51. The van der Waals surface area contributed by atoms with Gasteiger partial charge in [0.1, 0.15) is 0 Å². The molecule has 5 nitrogen and oxygen atoms in total. The van der Waals surface area contributed by atoms with E-state index in [-0.39, 0.29) is 17.9 Å². The van der Waals surface area contributed by atoms with Crippen LogP contribution in [-0.2, 0) is 27.7 Å². The summed E-state index contributed by atoms with van der Waals surface area (Å²) in [5, 5.41) is 3.28. The molecule has 32 heavy (non-hydrogen) atoms. The smallest absolute Gasteiger partial charge is 0.243 e. The Hall–Kier alpha value is -2.18. The Morgan fingerprint density at radius 2 is 1.59 bits per heavy atom. The van der Waals surface area contributed by atoms with Crippen LogP contribution in [0.1, 0.15) is 61.3 Å². The van der Waals surface area contributed by atoms with Crippen LogP contribution in [0.3, 0.4) is 0 Å². The first kappa shape index (κ1) is 21.7. The summed E-state index contributed by atoms with van der Waals surface area (Å²) in [5.41, 5.74) is 3.63. The molecule has 1 heterocycles. The normalized spacial score (nSPS) is 21.0. The van der Waals surface area contributed by atoms with E-state index < -0.39 is 10.0 Å². The Balaban J connectivity index is 1.22. The quantitative estimate of drug-likeness (QED) is 0.713. The molecule has 1 aliphatic heterocycles. The van der Waals surface area contributed by atoms with Gasteiger partial charge in [-0.1, -0.05) is 36.4 Å². The highest BCUT2D eigenvalue weighted by molar-refractivity contribution is 7.89. The van der Waals surface area contributed by atoms with Gasteiger partial charge in [-0.05, 0) is 86.1 Å². The van der Waals surface area contributed by atoms with Crippen molar-refractivity contribution in [2.45, 2.75) is 62.3 Å². The molecule has 3 aliphatic rings. The molecule has 1 saturated carbocycles. The van der Waals surface area contributed by atoms with Gasteiger partial charge in [-0.25, -0.2) is 8.42 Å². The number of nitrogens with zero attached hydrogens (tertiary/aromatic N) is 1. The first-order chi connectivity index (χ1) is 15.5. The van der Waals surface area contributed by atoms with Crippen molar-refractivity contribution in [3.63, 3.8) is 0 Å². The van der Waals surface area contributed by atoms with Gasteiger partial charge in [-0.3, -0.25) is 4.79 Å². The first-order valence-electron chi connectivity index (χ1n) is 12.0. The van der Waals surface area contributed by atoms with Gasteiger partial charge in [-0.2, -0.15) is 4.31 Å². The minimum absolute atomic E-state index is 0.0663. The number of sulfonamides is 1. The van der Waals surface area contributed by atoms with Gasteiger partial charge >= 0.3 is 0 Å². The summed E-state index contributed by atoms with van der Waals surface area (Å²) < 4.78 is 28.0. The average Bonchev–Trinajstić information content (AvgIpc) is 3.68. The van der Waals surface area contributed by atoms with Crippen molar-refractivity contribution in [2.75, 3.05) is 13.1 Å². The molecule has 1 amide bonds. The summed E-state index contributed by atoms with van der Waals surface area (Å²) in [6.07, 6.45) is 7.76. The number of amides is 1. The van der Waals surface area contributed by atoms with Crippen molar-refractivity contribution in [3.05, 3.63) is 65.2 Å². The monoisotopic (exact) mass is 452 g/mol. The summed E-state index contributed by atoms with van der Waals surface area (Å²) >= 11 is 0. The molecule has 1 saturated heterocycles. The Morgan fingerprint density at radius 1 is 0.906 bits per heavy atom. The van der Waals surface area contributed by atoms with Gasteiger partial charge in [0.05, 0.1) is 10.9 Å². The van der Waals surface area contributed by atoms with Crippen LogP contribution in [0.2, 0.25) is 0 Å². The number of hydrogen-bond donors (Lipinski definition) is 1. The maximum Gasteiger partial charge on any atom is 0.243 e. The molecule has 1 N–H and O–H groups in total. The molecule has 2 fully saturated rings. The fraction of sp³-hybridized carbons (Fsp3) is 0.500. The van der Waals surface area contributed by atoms with E-state index in [1.54, 1.807) is 10.4 Å². The van der Waals surface area contributed by atoms with Crippen LogP contribution < -0.4 is 5.32 Å². The highest BCUT2D eigenvalue weighted by atomic mass is 32.2. The molecule has 1 atom stereocenters. The van der Waals surface area contributed by atoms with E-state index in [9.17, 15) is 13.2 Å². The molecule has 6 heteroatoms. The topological polar surface area (TPSA) is 66.5 Å². The minimum atomic E-state index is -3.51. The zero-order chi connectivity index (χ0) is 22.1. The Bertz CT molecular complexity index is 1070. The van der Waals surface area contributed by atoms with Crippen LogP contribution in [0.25, 0.3) is 0 Å². The third-order valence-corrected chi connectivity index (χ3v) is 9.23. The van der Waals surface area contributed by atoms with Crippen molar-refractivity contribution in [1.29, 1.82) is 0 Å². The number of carbonyl (C=O) groups is 1. The van der Waals surface area contributed by atoms with Gasteiger partial charge in [0.25, 0.3) is 0 Å². The molecule has 1 unspecified atom stereocenters. The number of fused-ring (bicyclic) bond motifs is 1. The second kappa shape index (κ2) is 8.99. The largest absolute Gasteiger partial charge is 0.349 e. The summed E-state index contributed by atoms with van der Waals surface area (Å²) in [6.45, 7) is 0.799. The van der Waals surface area contributed by atoms with Crippen LogP contribution in [0.15, 0.2) is 53.4 Å². The van der Waals surface area contributed by atoms with Crippen LogP contribution in [0.5, 0.6) is 0 Å². The first-order valence-corrected chi connectivity index (χ1v) is 13.4. The highest BCUT2D eigenvalue weighted by Crippen LogP contribution is 2.41. The lowest BCUT2D eigenvalue weighted by Gasteiger charge is -2.32. The fourth-order valence-electron chi connectivity index (χ4n) is 5.21. The van der Waals surface area contributed by atoms with E-state index >= 15 is 0 Å². The number of nitrogens with one attached hydrogen (secondary N) is 1. The number of aryl methyl sites for hydroxylation is 2. The SMILES string of the molecule is O=C(NC(c1ccccc1)C1CC1)C1CCN(S(=O)(=O)c2ccc3c(c2)CCCC3)CC1. The van der Waals surface area contributed by atoms with Gasteiger partial charge in [0, 0.05) is 19.0 Å². The van der Waals surface area contributed by atoms with E-state index in [1.807, 2.05) is 30.3 Å². The second-order valence-electron chi connectivity index (χ2n) is 9.55. The second-order valence-corrected chi connectivity index (χ2v) is 11.5. The number of carbonyl (C=O) groups excluding carboxylic acids is 1. The molecule has 5 rings (SSSR count). The lowest BCUT2D eigenvalue weighted by Crippen LogP contribution is -2.44. The third-order valence-electron chi connectivity index (χ3n) is 7.33. The zero-order valence-electron chi connectivity index (χ0n) is 18.5. The number of piperidine rings is 1. The van der Waals surface area contributed by atoms with Gasteiger partial charge in [-0.15, -0.1) is 0 Å². The van der Waals surface area contributed by atoms with E-state index in [4.69, 9.17) is 0 Å². The molecule has 0 bridgehead atoms. The highest BCUT2D eigenvalue weighted by Gasteiger charge is 2.37. The predicted molar refractivity (Wildman–Crippen MR) is 125 cm³/mol. The average molecular weight is 453 g/mol. The van der Waals surface area contributed by atoms with Gasteiger partial charge in [0.2, 0.25) is 15.9 Å². The van der Waals surface area contributed by atoms with Crippen molar-refractivity contribution in [1.82, 2.24) is 9.62 Å². The summed E-state index contributed by atoms with van der Waals surface area (Å²) in [5.74, 6) is 0.456. The number of rotatable bonds is 6. The molecular formula is C26H32N2O3S. The van der Waals surface area contributed by atoms with E-state index in [1.165, 1.54) is 17.5 Å². The number of benzene rings is 2. The van der Waals surface area contributed by atoms with Gasteiger partial charge in [0.15, 0.2) is 0 Å². The molecular weight excluding hydrogens is 420 g/mol. The van der Waals surface area contributed by atoms with Gasteiger partial charge < -0.3 is 5.32 Å². The van der Waals surface area contributed by atoms with Crippen molar-refractivity contribution >= 4 is 15.9 Å². The van der Waals surface area contributed by atoms with E-state index in [0.29, 0.717) is 36.7 Å². The third kappa shape index (κ3) is 4.48. The van der Waals surface area contributed by atoms with E-state index in [0.717, 1.165) is 37.7 Å². The van der Waals surface area contributed by atoms with Crippen molar-refractivity contribution in [2.24, 2.45) is 11.8 Å². The molecule has 0 spiro atoms. The van der Waals surface area contributed by atoms with Crippen LogP contribution in [-0.4, -0.2) is 31.7 Å². The van der Waals surface area contributed by atoms with Crippen molar-refractivity contribution in [3.8, 4) is 0 Å². The maximum absolute atomic E-state index is 13.2. The Morgan fingerprint density at radius 3 is 2.28 bits per heavy atom. The fourth-order valence-corrected chi connectivity index (χ4v) is 6.73. The summed E-state index contributed by atoms with van der Waals surface area (Å²) in [4.78, 5) is 13.4. The summed E-state index contributed by atoms with van der Waals surface area (Å²) in [6, 6.07) is 15.9. The number of hydrogen-bond acceptors (Lipinski definition) is 3. The predicted octanol–water partition coefficient (Wildman–Crippen LogP) is 4.23. The van der Waals surface area contributed by atoms with E-state index in [2.05, 4.69) is 17.4 Å². The Labute approximate surface area is 191 Å².